The normalized spacial score (nSPS) is 11.5. The molecular formula is C22H20F2N4O2. The standard InChI is InChI=1S/C22H20F2N4O2/c1-14(2)11-27-21(29)19-20(28(22(27)30)17-6-4-3-5-7-17)25-13-26(19)12-15-8-9-16(23)10-18(15)24/h3-10,13-14H,11-12H2,1-2H3. The fourth-order valence-corrected chi connectivity index (χ4v) is 3.47. The van der Waals surface area contributed by atoms with Crippen LogP contribution in [0.2, 0.25) is 0 Å². The van der Waals surface area contributed by atoms with Crippen molar-refractivity contribution in [1.82, 2.24) is 18.7 Å². The molecule has 0 fully saturated rings. The lowest BCUT2D eigenvalue weighted by atomic mass is 10.2. The molecule has 0 atom stereocenters. The van der Waals surface area contributed by atoms with E-state index in [1.54, 1.807) is 24.3 Å². The SMILES string of the molecule is CC(C)Cn1c(=O)c2c(ncn2Cc2ccc(F)cc2F)n(-c2ccccc2)c1=O. The monoisotopic (exact) mass is 410 g/mol. The number of nitrogens with zero attached hydrogens (tertiary/aromatic N) is 4. The molecule has 30 heavy (non-hydrogen) atoms. The second kappa shape index (κ2) is 7.70. The van der Waals surface area contributed by atoms with Gasteiger partial charge in [0, 0.05) is 18.2 Å². The van der Waals surface area contributed by atoms with E-state index < -0.39 is 22.9 Å². The smallest absolute Gasteiger partial charge is 0.320 e. The molecule has 8 heteroatoms. The minimum atomic E-state index is -0.712. The third-order valence-electron chi connectivity index (χ3n) is 4.82. The van der Waals surface area contributed by atoms with E-state index in [1.807, 2.05) is 19.9 Å². The number of benzene rings is 2. The largest absolute Gasteiger partial charge is 0.337 e. The summed E-state index contributed by atoms with van der Waals surface area (Å²) in [5.74, 6) is -1.33. The molecule has 2 heterocycles. The van der Waals surface area contributed by atoms with Gasteiger partial charge in [0.1, 0.15) is 11.6 Å². The highest BCUT2D eigenvalue weighted by molar-refractivity contribution is 5.72. The summed E-state index contributed by atoms with van der Waals surface area (Å²) in [7, 11) is 0. The quantitative estimate of drug-likeness (QED) is 0.507. The minimum absolute atomic E-state index is 0.0213. The Morgan fingerprint density at radius 1 is 1.03 bits per heavy atom. The fraction of sp³-hybridized carbons (Fsp3) is 0.227. The molecule has 0 bridgehead atoms. The van der Waals surface area contributed by atoms with E-state index >= 15 is 0 Å². The fourth-order valence-electron chi connectivity index (χ4n) is 3.47. The van der Waals surface area contributed by atoms with Crippen LogP contribution in [0.15, 0.2) is 64.4 Å². The molecule has 0 amide bonds. The molecule has 2 aromatic carbocycles. The summed E-state index contributed by atoms with van der Waals surface area (Å²) < 4.78 is 31.5. The van der Waals surface area contributed by atoms with Gasteiger partial charge in [-0.15, -0.1) is 0 Å². The van der Waals surface area contributed by atoms with Gasteiger partial charge in [0.2, 0.25) is 0 Å². The highest BCUT2D eigenvalue weighted by atomic mass is 19.1. The number of para-hydroxylation sites is 1. The van der Waals surface area contributed by atoms with Gasteiger partial charge in [-0.05, 0) is 24.1 Å². The Morgan fingerprint density at radius 3 is 2.43 bits per heavy atom. The molecule has 0 aliphatic rings. The zero-order valence-electron chi connectivity index (χ0n) is 16.5. The Labute approximate surface area is 170 Å². The maximum absolute atomic E-state index is 14.2. The van der Waals surface area contributed by atoms with E-state index in [-0.39, 0.29) is 35.7 Å². The van der Waals surface area contributed by atoms with Crippen LogP contribution in [0.5, 0.6) is 0 Å². The van der Waals surface area contributed by atoms with E-state index in [9.17, 15) is 18.4 Å². The van der Waals surface area contributed by atoms with E-state index in [4.69, 9.17) is 0 Å². The molecule has 4 aromatic rings. The number of rotatable bonds is 5. The van der Waals surface area contributed by atoms with Crippen LogP contribution in [-0.4, -0.2) is 18.7 Å². The molecule has 0 aliphatic carbocycles. The summed E-state index contributed by atoms with van der Waals surface area (Å²) in [6.45, 7) is 4.03. The summed E-state index contributed by atoms with van der Waals surface area (Å²) in [5.41, 5.74) is 0.189. The Hall–Kier alpha value is -3.55. The maximum Gasteiger partial charge on any atom is 0.337 e. The Balaban J connectivity index is 1.99. The lowest BCUT2D eigenvalue weighted by molar-refractivity contribution is 0.488. The van der Waals surface area contributed by atoms with Gasteiger partial charge in [-0.25, -0.2) is 23.1 Å². The van der Waals surface area contributed by atoms with Crippen molar-refractivity contribution in [3.63, 3.8) is 0 Å². The van der Waals surface area contributed by atoms with Crippen molar-refractivity contribution < 1.29 is 8.78 Å². The molecule has 4 rings (SSSR count). The van der Waals surface area contributed by atoms with Crippen molar-refractivity contribution in [2.45, 2.75) is 26.9 Å². The topological polar surface area (TPSA) is 61.8 Å². The summed E-state index contributed by atoms with van der Waals surface area (Å²) in [6, 6.07) is 12.2. The van der Waals surface area contributed by atoms with E-state index in [2.05, 4.69) is 4.98 Å². The average Bonchev–Trinajstić information content (AvgIpc) is 3.11. The van der Waals surface area contributed by atoms with E-state index in [0.29, 0.717) is 5.69 Å². The van der Waals surface area contributed by atoms with Crippen LogP contribution < -0.4 is 11.2 Å². The number of fused-ring (bicyclic) bond motifs is 1. The van der Waals surface area contributed by atoms with Gasteiger partial charge in [-0.2, -0.15) is 0 Å². The zero-order valence-corrected chi connectivity index (χ0v) is 16.5. The lowest BCUT2D eigenvalue weighted by Crippen LogP contribution is -2.41. The number of hydrogen-bond acceptors (Lipinski definition) is 3. The van der Waals surface area contributed by atoms with Crippen molar-refractivity contribution in [1.29, 1.82) is 0 Å². The average molecular weight is 410 g/mol. The van der Waals surface area contributed by atoms with Gasteiger partial charge in [-0.3, -0.25) is 9.36 Å². The molecule has 0 unspecified atom stereocenters. The van der Waals surface area contributed by atoms with Crippen molar-refractivity contribution in [2.24, 2.45) is 5.92 Å². The molecule has 154 valence electrons. The Bertz CT molecular complexity index is 1340. The van der Waals surface area contributed by atoms with Crippen LogP contribution >= 0.6 is 0 Å². The van der Waals surface area contributed by atoms with Gasteiger partial charge in [0.05, 0.1) is 18.6 Å². The number of halogens is 2. The highest BCUT2D eigenvalue weighted by Crippen LogP contribution is 2.17. The van der Waals surface area contributed by atoms with E-state index in [0.717, 1.165) is 12.1 Å². The number of imidazole rings is 1. The van der Waals surface area contributed by atoms with Crippen molar-refractivity contribution in [3.8, 4) is 5.69 Å². The molecule has 0 N–H and O–H groups in total. The van der Waals surface area contributed by atoms with Crippen LogP contribution in [0.1, 0.15) is 19.4 Å². The third kappa shape index (κ3) is 3.45. The molecule has 6 nitrogen and oxygen atoms in total. The van der Waals surface area contributed by atoms with E-state index in [1.165, 1.54) is 26.1 Å². The first kappa shape index (κ1) is 19.8. The number of hydrogen-bond donors (Lipinski definition) is 0. The summed E-state index contributed by atoms with van der Waals surface area (Å²) in [5, 5.41) is 0. The van der Waals surface area contributed by atoms with Crippen LogP contribution in [0, 0.1) is 17.6 Å². The minimum Gasteiger partial charge on any atom is -0.320 e. The Morgan fingerprint density at radius 2 is 1.77 bits per heavy atom. The molecule has 0 saturated heterocycles. The molecule has 0 spiro atoms. The van der Waals surface area contributed by atoms with Crippen LogP contribution in [0.25, 0.3) is 16.9 Å². The van der Waals surface area contributed by atoms with Crippen molar-refractivity contribution >= 4 is 11.2 Å². The highest BCUT2D eigenvalue weighted by Gasteiger charge is 2.20. The van der Waals surface area contributed by atoms with Crippen LogP contribution in [0.4, 0.5) is 8.78 Å². The van der Waals surface area contributed by atoms with Crippen LogP contribution in [0.3, 0.4) is 0 Å². The first-order valence-corrected chi connectivity index (χ1v) is 9.57. The van der Waals surface area contributed by atoms with Crippen LogP contribution in [-0.2, 0) is 13.1 Å². The number of aromatic nitrogens is 4. The van der Waals surface area contributed by atoms with Crippen molar-refractivity contribution in [2.75, 3.05) is 0 Å². The Kier molecular flexibility index (Phi) is 5.07. The second-order valence-electron chi connectivity index (χ2n) is 7.54. The first-order chi connectivity index (χ1) is 14.4. The van der Waals surface area contributed by atoms with Gasteiger partial charge in [0.15, 0.2) is 11.2 Å². The van der Waals surface area contributed by atoms with Gasteiger partial charge < -0.3 is 4.57 Å². The second-order valence-corrected chi connectivity index (χ2v) is 7.54. The molecule has 0 saturated carbocycles. The third-order valence-corrected chi connectivity index (χ3v) is 4.82. The molecular weight excluding hydrogens is 390 g/mol. The van der Waals surface area contributed by atoms with Crippen molar-refractivity contribution in [3.05, 3.63) is 92.9 Å². The first-order valence-electron chi connectivity index (χ1n) is 9.57. The summed E-state index contributed by atoms with van der Waals surface area (Å²) in [6.07, 6.45) is 1.40. The lowest BCUT2D eigenvalue weighted by Gasteiger charge is -2.14. The van der Waals surface area contributed by atoms with Gasteiger partial charge in [0.25, 0.3) is 5.56 Å². The van der Waals surface area contributed by atoms with Gasteiger partial charge >= 0.3 is 5.69 Å². The maximum atomic E-state index is 14.2. The molecule has 0 aliphatic heterocycles. The predicted molar refractivity (Wildman–Crippen MR) is 110 cm³/mol. The summed E-state index contributed by atoms with van der Waals surface area (Å²) >= 11 is 0. The molecule has 0 radical (unpaired) electrons. The predicted octanol–water partition coefficient (Wildman–Crippen LogP) is 3.33. The zero-order chi connectivity index (χ0) is 21.4. The summed E-state index contributed by atoms with van der Waals surface area (Å²) in [4.78, 5) is 30.7. The van der Waals surface area contributed by atoms with Gasteiger partial charge in [-0.1, -0.05) is 38.1 Å². The molecule has 2 aromatic heterocycles.